The van der Waals surface area contributed by atoms with Gasteiger partial charge in [-0.25, -0.2) is 0 Å². The molecular weight excluding hydrogens is 334 g/mol. The Morgan fingerprint density at radius 2 is 1.80 bits per heavy atom. The zero-order chi connectivity index (χ0) is 17.8. The van der Waals surface area contributed by atoms with Gasteiger partial charge < -0.3 is 9.73 Å². The fourth-order valence-corrected chi connectivity index (χ4v) is 2.50. The molecule has 1 heterocycles. The fraction of sp³-hybridized carbons (Fsp3) is 0.0952. The Morgan fingerprint density at radius 3 is 2.52 bits per heavy atom. The molecule has 0 spiro atoms. The molecule has 0 aliphatic rings. The van der Waals surface area contributed by atoms with Crippen LogP contribution in [0.2, 0.25) is 5.02 Å². The molecule has 3 nitrogen and oxygen atoms in total. The summed E-state index contributed by atoms with van der Waals surface area (Å²) in [4.78, 5) is 12.0. The van der Waals surface area contributed by atoms with E-state index in [4.69, 9.17) is 16.0 Å². The minimum absolute atomic E-state index is 0.208. The van der Waals surface area contributed by atoms with Gasteiger partial charge in [0, 0.05) is 22.3 Å². The van der Waals surface area contributed by atoms with Crippen LogP contribution in [0.1, 0.15) is 16.9 Å². The van der Waals surface area contributed by atoms with E-state index in [1.54, 1.807) is 6.08 Å². The van der Waals surface area contributed by atoms with Crippen molar-refractivity contribution < 1.29 is 9.21 Å². The van der Waals surface area contributed by atoms with Crippen molar-refractivity contribution in [1.82, 2.24) is 0 Å². The van der Waals surface area contributed by atoms with E-state index in [1.807, 2.05) is 68.4 Å². The summed E-state index contributed by atoms with van der Waals surface area (Å²) in [5, 5.41) is 3.50. The molecule has 0 aliphatic heterocycles. The summed E-state index contributed by atoms with van der Waals surface area (Å²) in [6.45, 7) is 3.95. The first kappa shape index (κ1) is 17.1. The first-order chi connectivity index (χ1) is 12.0. The Bertz CT molecular complexity index is 923. The number of hydrogen-bond acceptors (Lipinski definition) is 2. The zero-order valence-corrected chi connectivity index (χ0v) is 14.8. The van der Waals surface area contributed by atoms with Crippen LogP contribution in [0.5, 0.6) is 0 Å². The molecule has 0 aliphatic carbocycles. The summed E-state index contributed by atoms with van der Waals surface area (Å²) in [7, 11) is 0. The second-order valence-electron chi connectivity index (χ2n) is 5.85. The third-order valence-electron chi connectivity index (χ3n) is 3.80. The highest BCUT2D eigenvalue weighted by molar-refractivity contribution is 6.31. The number of carbonyl (C=O) groups is 1. The van der Waals surface area contributed by atoms with Gasteiger partial charge >= 0.3 is 0 Å². The highest BCUT2D eigenvalue weighted by Gasteiger charge is 2.06. The molecule has 3 rings (SSSR count). The normalized spacial score (nSPS) is 11.0. The molecule has 1 amide bonds. The number of aryl methyl sites for hydroxylation is 2. The molecule has 0 bridgehead atoms. The van der Waals surface area contributed by atoms with Crippen LogP contribution < -0.4 is 5.32 Å². The summed E-state index contributed by atoms with van der Waals surface area (Å²) < 4.78 is 5.76. The Hall–Kier alpha value is -2.78. The topological polar surface area (TPSA) is 42.2 Å². The van der Waals surface area contributed by atoms with Crippen molar-refractivity contribution in [2.75, 3.05) is 5.32 Å². The molecule has 4 heteroatoms. The number of amides is 1. The lowest BCUT2D eigenvalue weighted by Crippen LogP contribution is -2.07. The van der Waals surface area contributed by atoms with E-state index in [-0.39, 0.29) is 5.91 Å². The lowest BCUT2D eigenvalue weighted by Gasteiger charge is -2.02. The molecule has 3 aromatic rings. The summed E-state index contributed by atoms with van der Waals surface area (Å²) in [5.74, 6) is 1.10. The van der Waals surface area contributed by atoms with Crippen LogP contribution in [0, 0.1) is 13.8 Å². The number of anilines is 1. The third-order valence-corrected chi connectivity index (χ3v) is 4.21. The van der Waals surface area contributed by atoms with Gasteiger partial charge in [0.05, 0.1) is 0 Å². The van der Waals surface area contributed by atoms with E-state index < -0.39 is 0 Å². The van der Waals surface area contributed by atoms with Gasteiger partial charge in [-0.2, -0.15) is 0 Å². The van der Waals surface area contributed by atoms with Crippen LogP contribution in [0.3, 0.4) is 0 Å². The monoisotopic (exact) mass is 351 g/mol. The maximum Gasteiger partial charge on any atom is 0.248 e. The van der Waals surface area contributed by atoms with E-state index in [0.717, 1.165) is 22.4 Å². The van der Waals surface area contributed by atoms with E-state index in [2.05, 4.69) is 5.32 Å². The van der Waals surface area contributed by atoms with Crippen LogP contribution >= 0.6 is 11.6 Å². The fourth-order valence-electron chi connectivity index (χ4n) is 2.32. The molecule has 1 N–H and O–H groups in total. The predicted molar refractivity (Wildman–Crippen MR) is 103 cm³/mol. The average Bonchev–Trinajstić information content (AvgIpc) is 3.07. The third kappa shape index (κ3) is 4.40. The van der Waals surface area contributed by atoms with Crippen LogP contribution in [-0.4, -0.2) is 5.91 Å². The van der Waals surface area contributed by atoms with Crippen molar-refractivity contribution in [2.45, 2.75) is 13.8 Å². The lowest BCUT2D eigenvalue weighted by atomic mass is 10.1. The highest BCUT2D eigenvalue weighted by atomic mass is 35.5. The van der Waals surface area contributed by atoms with Gasteiger partial charge in [-0.05, 0) is 55.8 Å². The Morgan fingerprint density at radius 1 is 1.04 bits per heavy atom. The average molecular weight is 352 g/mol. The van der Waals surface area contributed by atoms with Gasteiger partial charge in [-0.15, -0.1) is 0 Å². The molecular formula is C21H18ClNO2. The Balaban J connectivity index is 1.67. The van der Waals surface area contributed by atoms with Crippen molar-refractivity contribution >= 4 is 29.3 Å². The van der Waals surface area contributed by atoms with Crippen LogP contribution in [-0.2, 0) is 4.79 Å². The van der Waals surface area contributed by atoms with Gasteiger partial charge in [0.1, 0.15) is 11.5 Å². The predicted octanol–water partition coefficient (Wildman–Crippen LogP) is 5.87. The summed E-state index contributed by atoms with van der Waals surface area (Å²) in [6, 6.07) is 17.1. The number of nitrogens with one attached hydrogen (secondary N) is 1. The van der Waals surface area contributed by atoms with E-state index >= 15 is 0 Å². The van der Waals surface area contributed by atoms with Gasteiger partial charge in [0.15, 0.2) is 0 Å². The Kier molecular flexibility index (Phi) is 5.05. The smallest absolute Gasteiger partial charge is 0.248 e. The van der Waals surface area contributed by atoms with Gasteiger partial charge in [0.2, 0.25) is 5.91 Å². The number of halogens is 1. The molecule has 0 atom stereocenters. The SMILES string of the molecule is Cc1ccc(NC(=O)C=Cc2ccc(-c3ccc(C)c(Cl)c3)o2)cc1. The molecule has 0 saturated heterocycles. The quantitative estimate of drug-likeness (QED) is 0.597. The van der Waals surface area contributed by atoms with E-state index in [1.165, 1.54) is 6.08 Å². The summed E-state index contributed by atoms with van der Waals surface area (Å²) in [5.41, 5.74) is 3.83. The molecule has 0 radical (unpaired) electrons. The van der Waals surface area contributed by atoms with Gasteiger partial charge in [-0.3, -0.25) is 4.79 Å². The second kappa shape index (κ2) is 7.41. The van der Waals surface area contributed by atoms with Crippen molar-refractivity contribution in [1.29, 1.82) is 0 Å². The van der Waals surface area contributed by atoms with Crippen molar-refractivity contribution in [3.05, 3.63) is 82.6 Å². The van der Waals surface area contributed by atoms with Gasteiger partial charge in [-0.1, -0.05) is 41.4 Å². The largest absolute Gasteiger partial charge is 0.457 e. The first-order valence-electron chi connectivity index (χ1n) is 7.93. The van der Waals surface area contributed by atoms with Crippen LogP contribution in [0.25, 0.3) is 17.4 Å². The Labute approximate surface area is 151 Å². The van der Waals surface area contributed by atoms with Gasteiger partial charge in [0.25, 0.3) is 0 Å². The molecule has 2 aromatic carbocycles. The minimum Gasteiger partial charge on any atom is -0.457 e. The molecule has 25 heavy (non-hydrogen) atoms. The minimum atomic E-state index is -0.208. The number of benzene rings is 2. The maximum atomic E-state index is 12.0. The molecule has 1 aromatic heterocycles. The standard InChI is InChI=1S/C21H18ClNO2/c1-14-3-7-17(8-4-14)23-21(24)12-10-18-9-11-20(25-18)16-6-5-15(2)19(22)13-16/h3-13H,1-2H3,(H,23,24). The number of carbonyl (C=O) groups excluding carboxylic acids is 1. The van der Waals surface area contributed by atoms with E-state index in [0.29, 0.717) is 16.5 Å². The summed E-state index contributed by atoms with van der Waals surface area (Å²) in [6.07, 6.45) is 3.09. The van der Waals surface area contributed by atoms with Crippen molar-refractivity contribution in [3.63, 3.8) is 0 Å². The van der Waals surface area contributed by atoms with Crippen molar-refractivity contribution in [3.8, 4) is 11.3 Å². The molecule has 0 fully saturated rings. The first-order valence-corrected chi connectivity index (χ1v) is 8.31. The number of hydrogen-bond donors (Lipinski definition) is 1. The molecule has 126 valence electrons. The van der Waals surface area contributed by atoms with E-state index in [9.17, 15) is 4.79 Å². The highest BCUT2D eigenvalue weighted by Crippen LogP contribution is 2.27. The second-order valence-corrected chi connectivity index (χ2v) is 6.26. The number of rotatable bonds is 4. The van der Waals surface area contributed by atoms with Crippen molar-refractivity contribution in [2.24, 2.45) is 0 Å². The molecule has 0 unspecified atom stereocenters. The van der Waals surface area contributed by atoms with Crippen LogP contribution in [0.15, 0.2) is 65.1 Å². The maximum absolute atomic E-state index is 12.0. The van der Waals surface area contributed by atoms with Crippen LogP contribution in [0.4, 0.5) is 5.69 Å². The summed E-state index contributed by atoms with van der Waals surface area (Å²) >= 11 is 6.15. The lowest BCUT2D eigenvalue weighted by molar-refractivity contribution is -0.111. The zero-order valence-electron chi connectivity index (χ0n) is 14.0. The molecule has 0 saturated carbocycles. The number of furan rings is 1.